The van der Waals surface area contributed by atoms with Gasteiger partial charge in [0.1, 0.15) is 11.5 Å². The molecule has 1 aromatic heterocycles. The lowest BCUT2D eigenvalue weighted by molar-refractivity contribution is -0.384. The maximum atomic E-state index is 12.6. The van der Waals surface area contributed by atoms with E-state index in [4.69, 9.17) is 0 Å². The number of carbonyl (C=O) groups is 1. The fourth-order valence-electron chi connectivity index (χ4n) is 3.18. The fraction of sp³-hybridized carbons (Fsp3) is 0.0909. The van der Waals surface area contributed by atoms with Crippen molar-refractivity contribution in [1.82, 2.24) is 9.97 Å². The van der Waals surface area contributed by atoms with Crippen LogP contribution in [0.15, 0.2) is 72.8 Å². The Balaban J connectivity index is 1.63. The van der Waals surface area contributed by atoms with Crippen LogP contribution in [0.5, 0.6) is 0 Å². The number of hydrogen-bond acceptors (Lipinski definition) is 5. The number of H-pyrrole nitrogens is 1. The molecule has 4 aromatic rings. The van der Waals surface area contributed by atoms with Gasteiger partial charge in [0.15, 0.2) is 5.78 Å². The van der Waals surface area contributed by atoms with Crippen LogP contribution in [-0.4, -0.2) is 20.7 Å². The molecule has 0 aliphatic heterocycles. The van der Waals surface area contributed by atoms with Crippen molar-refractivity contribution < 1.29 is 9.72 Å². The number of hydrogen-bond donors (Lipinski definition) is 2. The average molecular weight is 386 g/mol. The van der Waals surface area contributed by atoms with Crippen LogP contribution >= 0.6 is 0 Å². The molecule has 0 bridgehead atoms. The first-order valence-corrected chi connectivity index (χ1v) is 9.12. The van der Waals surface area contributed by atoms with Gasteiger partial charge in [0, 0.05) is 17.2 Å². The van der Waals surface area contributed by atoms with Crippen LogP contribution < -0.4 is 5.32 Å². The molecule has 7 heteroatoms. The summed E-state index contributed by atoms with van der Waals surface area (Å²) in [7, 11) is 0. The molecule has 7 nitrogen and oxygen atoms in total. The zero-order valence-electron chi connectivity index (χ0n) is 15.6. The molecular formula is C22H18N4O3. The molecule has 1 heterocycles. The minimum atomic E-state index is -0.491. The minimum Gasteiger partial charge on any atom is -0.370 e. The van der Waals surface area contributed by atoms with Crippen LogP contribution in [0.3, 0.4) is 0 Å². The van der Waals surface area contributed by atoms with E-state index in [2.05, 4.69) is 15.3 Å². The molecule has 144 valence electrons. The van der Waals surface area contributed by atoms with Crippen molar-refractivity contribution >= 4 is 28.2 Å². The van der Waals surface area contributed by atoms with Gasteiger partial charge in [-0.05, 0) is 31.2 Å². The van der Waals surface area contributed by atoms with Crippen LogP contribution in [0.4, 0.5) is 11.4 Å². The smallest absolute Gasteiger partial charge is 0.293 e. The summed E-state index contributed by atoms with van der Waals surface area (Å²) >= 11 is 0. The van der Waals surface area contributed by atoms with Crippen LogP contribution in [-0.2, 0) is 0 Å². The normalized spacial score (nSPS) is 11.9. The number of rotatable bonds is 6. The topological polar surface area (TPSA) is 101 Å². The first kappa shape index (κ1) is 18.4. The SMILES string of the molecule is CC(Nc1ccc(C(=O)c2ccccc2)cc1[N+](=O)[O-])c1nc2ccccc2[nH]1. The average Bonchev–Trinajstić information content (AvgIpc) is 3.18. The quantitative estimate of drug-likeness (QED) is 0.279. The molecule has 3 aromatic carbocycles. The van der Waals surface area contributed by atoms with Gasteiger partial charge in [-0.1, -0.05) is 42.5 Å². The molecule has 0 amide bonds. The van der Waals surface area contributed by atoms with Gasteiger partial charge in [-0.2, -0.15) is 0 Å². The van der Waals surface area contributed by atoms with Crippen molar-refractivity contribution in [2.45, 2.75) is 13.0 Å². The number of ketones is 1. The van der Waals surface area contributed by atoms with Gasteiger partial charge in [0.25, 0.3) is 5.69 Å². The van der Waals surface area contributed by atoms with Gasteiger partial charge in [-0.25, -0.2) is 4.98 Å². The highest BCUT2D eigenvalue weighted by atomic mass is 16.6. The first-order chi connectivity index (χ1) is 14.0. The molecule has 1 unspecified atom stereocenters. The summed E-state index contributed by atoms with van der Waals surface area (Å²) in [5, 5.41) is 14.8. The van der Waals surface area contributed by atoms with Gasteiger partial charge < -0.3 is 10.3 Å². The summed E-state index contributed by atoms with van der Waals surface area (Å²) in [6.07, 6.45) is 0. The van der Waals surface area contributed by atoms with Crippen molar-refractivity contribution in [2.75, 3.05) is 5.32 Å². The van der Waals surface area contributed by atoms with Crippen molar-refractivity contribution in [3.05, 3.63) is 99.9 Å². The number of anilines is 1. The number of aromatic nitrogens is 2. The summed E-state index contributed by atoms with van der Waals surface area (Å²) in [5.41, 5.74) is 2.65. The number of para-hydroxylation sites is 2. The van der Waals surface area contributed by atoms with Gasteiger partial charge in [0.05, 0.1) is 22.0 Å². The minimum absolute atomic E-state index is 0.158. The molecule has 29 heavy (non-hydrogen) atoms. The second kappa shape index (κ2) is 7.55. The summed E-state index contributed by atoms with van der Waals surface area (Å²) in [6.45, 7) is 1.87. The van der Waals surface area contributed by atoms with Crippen LogP contribution in [0.1, 0.15) is 34.7 Å². The third-order valence-electron chi connectivity index (χ3n) is 4.68. The Morgan fingerprint density at radius 1 is 1.03 bits per heavy atom. The van der Waals surface area contributed by atoms with Crippen molar-refractivity contribution in [2.24, 2.45) is 0 Å². The van der Waals surface area contributed by atoms with E-state index in [9.17, 15) is 14.9 Å². The van der Waals surface area contributed by atoms with E-state index in [1.165, 1.54) is 6.07 Å². The Morgan fingerprint density at radius 3 is 2.48 bits per heavy atom. The maximum Gasteiger partial charge on any atom is 0.293 e. The largest absolute Gasteiger partial charge is 0.370 e. The van der Waals surface area contributed by atoms with E-state index >= 15 is 0 Å². The number of nitrogens with zero attached hydrogens (tertiary/aromatic N) is 2. The van der Waals surface area contributed by atoms with E-state index in [1.54, 1.807) is 36.4 Å². The monoisotopic (exact) mass is 386 g/mol. The van der Waals surface area contributed by atoms with Crippen molar-refractivity contribution in [3.8, 4) is 0 Å². The summed E-state index contributed by atoms with van der Waals surface area (Å²) in [6, 6.07) is 20.5. The number of nitrogens with one attached hydrogen (secondary N) is 2. The molecule has 0 saturated heterocycles. The van der Waals surface area contributed by atoms with Crippen LogP contribution in [0.2, 0.25) is 0 Å². The third kappa shape index (κ3) is 3.70. The van der Waals surface area contributed by atoms with Gasteiger partial charge in [-0.15, -0.1) is 0 Å². The van der Waals surface area contributed by atoms with Gasteiger partial charge in [0.2, 0.25) is 0 Å². The summed E-state index contributed by atoms with van der Waals surface area (Å²) in [4.78, 5) is 31.5. The Labute approximate surface area is 166 Å². The molecule has 0 spiro atoms. The van der Waals surface area contributed by atoms with E-state index in [1.807, 2.05) is 37.3 Å². The summed E-state index contributed by atoms with van der Waals surface area (Å²) in [5.74, 6) is 0.413. The molecule has 0 radical (unpaired) electrons. The second-order valence-electron chi connectivity index (χ2n) is 6.69. The lowest BCUT2D eigenvalue weighted by atomic mass is 10.0. The Bertz CT molecular complexity index is 1170. The van der Waals surface area contributed by atoms with Gasteiger partial charge in [-0.3, -0.25) is 14.9 Å². The van der Waals surface area contributed by atoms with Gasteiger partial charge >= 0.3 is 0 Å². The van der Waals surface area contributed by atoms with Crippen LogP contribution in [0, 0.1) is 10.1 Å². The summed E-state index contributed by atoms with van der Waals surface area (Å²) < 4.78 is 0. The van der Waals surface area contributed by atoms with E-state index in [-0.39, 0.29) is 23.1 Å². The Kier molecular flexibility index (Phi) is 4.78. The molecular weight excluding hydrogens is 368 g/mol. The number of aromatic amines is 1. The maximum absolute atomic E-state index is 12.6. The lowest BCUT2D eigenvalue weighted by Gasteiger charge is -2.13. The van der Waals surface area contributed by atoms with Crippen molar-refractivity contribution in [1.29, 1.82) is 0 Å². The first-order valence-electron chi connectivity index (χ1n) is 9.12. The lowest BCUT2D eigenvalue weighted by Crippen LogP contribution is -2.11. The van der Waals surface area contributed by atoms with E-state index < -0.39 is 4.92 Å². The fourth-order valence-corrected chi connectivity index (χ4v) is 3.18. The molecule has 0 aliphatic rings. The number of nitro groups is 1. The highest BCUT2D eigenvalue weighted by Crippen LogP contribution is 2.30. The van der Waals surface area contributed by atoms with E-state index in [0.29, 0.717) is 17.1 Å². The molecule has 4 rings (SSSR count). The zero-order valence-corrected chi connectivity index (χ0v) is 15.6. The van der Waals surface area contributed by atoms with Crippen molar-refractivity contribution in [3.63, 3.8) is 0 Å². The Hall–Kier alpha value is -4.00. The van der Waals surface area contributed by atoms with E-state index in [0.717, 1.165) is 11.0 Å². The highest BCUT2D eigenvalue weighted by molar-refractivity contribution is 6.09. The Morgan fingerprint density at radius 2 is 1.76 bits per heavy atom. The number of carbonyl (C=O) groups excluding carboxylic acids is 1. The standard InChI is InChI=1S/C22H18N4O3/c1-14(22-24-17-9-5-6-10-18(17)25-22)23-19-12-11-16(13-20(19)26(28)29)21(27)15-7-3-2-4-8-15/h2-14,23H,1H3,(H,24,25). The predicted molar refractivity (Wildman–Crippen MR) is 111 cm³/mol. The predicted octanol–water partition coefficient (Wildman–Crippen LogP) is 4.88. The zero-order chi connectivity index (χ0) is 20.4. The second-order valence-corrected chi connectivity index (χ2v) is 6.69. The number of nitro benzene ring substituents is 1. The number of fused-ring (bicyclic) bond motifs is 1. The molecule has 1 atom stereocenters. The third-order valence-corrected chi connectivity index (χ3v) is 4.68. The molecule has 0 fully saturated rings. The molecule has 0 aliphatic carbocycles. The highest BCUT2D eigenvalue weighted by Gasteiger charge is 2.21. The number of benzene rings is 3. The number of imidazole rings is 1. The molecule has 0 saturated carbocycles. The van der Waals surface area contributed by atoms with Crippen LogP contribution in [0.25, 0.3) is 11.0 Å². The molecule has 2 N–H and O–H groups in total.